The van der Waals surface area contributed by atoms with Crippen molar-refractivity contribution in [3.63, 3.8) is 0 Å². The van der Waals surface area contributed by atoms with Gasteiger partial charge in [0, 0.05) is 19.6 Å². The zero-order chi connectivity index (χ0) is 28.8. The highest BCUT2D eigenvalue weighted by Gasteiger charge is 2.47. The number of hydrogen-bond acceptors (Lipinski definition) is 4. The molecule has 2 aliphatic rings. The summed E-state index contributed by atoms with van der Waals surface area (Å²) < 4.78 is 6.04. The van der Waals surface area contributed by atoms with Crippen molar-refractivity contribution in [2.24, 2.45) is 5.92 Å². The third kappa shape index (κ3) is 6.16. The number of likely N-dealkylation sites (N-methyl/N-ethyl adjacent to an activating group) is 1. The lowest BCUT2D eigenvalue weighted by Crippen LogP contribution is -2.51. The summed E-state index contributed by atoms with van der Waals surface area (Å²) in [6.07, 6.45) is 2.27. The van der Waals surface area contributed by atoms with Crippen LogP contribution < -0.4 is 10.1 Å². The summed E-state index contributed by atoms with van der Waals surface area (Å²) >= 11 is 0. The second-order valence-corrected chi connectivity index (χ2v) is 10.9. The van der Waals surface area contributed by atoms with Crippen molar-refractivity contribution >= 4 is 17.8 Å². The summed E-state index contributed by atoms with van der Waals surface area (Å²) in [7, 11) is 0. The number of carbonyl (C=O) groups excluding carboxylic acids is 3. The third-order valence-electron chi connectivity index (χ3n) is 7.39. The van der Waals surface area contributed by atoms with Gasteiger partial charge in [-0.2, -0.15) is 0 Å². The molecular weight excluding hydrogens is 504 g/mol. The maximum Gasteiger partial charge on any atom is 0.322 e. The van der Waals surface area contributed by atoms with Crippen molar-refractivity contribution < 1.29 is 19.1 Å². The van der Waals surface area contributed by atoms with Gasteiger partial charge in [0.1, 0.15) is 17.5 Å². The van der Waals surface area contributed by atoms with E-state index in [1.807, 2.05) is 66.4 Å². The summed E-state index contributed by atoms with van der Waals surface area (Å²) in [6.45, 7) is 12.1. The first-order chi connectivity index (χ1) is 19.3. The van der Waals surface area contributed by atoms with Crippen LogP contribution in [0.5, 0.6) is 11.5 Å². The standard InChI is InChI=1S/C32H42N4O4/c1-6-17-34(18-7-2)30(37)26(19-22(4)5)36-21-27-28(31(36)38)29(33-32(39)35(27)8-3)23-13-12-16-25(20-23)40-24-14-10-9-11-15-24/h9-16,20,22,26,29H,6-8,17-19,21H2,1-5H3,(H,33,39)/t26-,29+/m0/s1. The van der Waals surface area contributed by atoms with Gasteiger partial charge < -0.3 is 19.9 Å². The van der Waals surface area contributed by atoms with Gasteiger partial charge in [0.15, 0.2) is 0 Å². The van der Waals surface area contributed by atoms with Crippen molar-refractivity contribution in [3.05, 3.63) is 71.4 Å². The van der Waals surface area contributed by atoms with E-state index < -0.39 is 12.1 Å². The van der Waals surface area contributed by atoms with Crippen LogP contribution in [0.2, 0.25) is 0 Å². The molecule has 2 aromatic carbocycles. The minimum atomic E-state index is -0.640. The van der Waals surface area contributed by atoms with E-state index in [9.17, 15) is 14.4 Å². The lowest BCUT2D eigenvalue weighted by molar-refractivity contribution is -0.143. The summed E-state index contributed by atoms with van der Waals surface area (Å²) in [5.41, 5.74) is 1.96. The molecule has 0 aliphatic carbocycles. The Morgan fingerprint density at radius 1 is 1.00 bits per heavy atom. The molecule has 0 saturated heterocycles. The fourth-order valence-electron chi connectivity index (χ4n) is 5.62. The van der Waals surface area contributed by atoms with Crippen LogP contribution in [-0.4, -0.2) is 64.8 Å². The highest BCUT2D eigenvalue weighted by Crippen LogP contribution is 2.39. The number of nitrogens with one attached hydrogen (secondary N) is 1. The first-order valence-electron chi connectivity index (χ1n) is 14.5. The number of hydrogen-bond donors (Lipinski definition) is 1. The van der Waals surface area contributed by atoms with E-state index in [0.29, 0.717) is 48.8 Å². The lowest BCUT2D eigenvalue weighted by Gasteiger charge is -2.34. The minimum absolute atomic E-state index is 0.0114. The highest BCUT2D eigenvalue weighted by atomic mass is 16.5. The van der Waals surface area contributed by atoms with E-state index in [2.05, 4.69) is 33.0 Å². The molecule has 1 N–H and O–H groups in total. The molecular formula is C32H42N4O4. The molecule has 2 heterocycles. The van der Waals surface area contributed by atoms with Gasteiger partial charge in [-0.05, 0) is 61.9 Å². The molecule has 8 heteroatoms. The van der Waals surface area contributed by atoms with Crippen LogP contribution in [0.1, 0.15) is 65.5 Å². The van der Waals surface area contributed by atoms with Gasteiger partial charge >= 0.3 is 6.03 Å². The molecule has 4 amide bonds. The molecule has 2 aliphatic heterocycles. The van der Waals surface area contributed by atoms with E-state index in [-0.39, 0.29) is 30.3 Å². The van der Waals surface area contributed by atoms with E-state index in [4.69, 9.17) is 4.74 Å². The van der Waals surface area contributed by atoms with Gasteiger partial charge in [-0.1, -0.05) is 58.0 Å². The van der Waals surface area contributed by atoms with Gasteiger partial charge in [-0.15, -0.1) is 0 Å². The van der Waals surface area contributed by atoms with E-state index in [0.717, 1.165) is 18.4 Å². The molecule has 2 atom stereocenters. The number of amides is 4. The average molecular weight is 547 g/mol. The van der Waals surface area contributed by atoms with Gasteiger partial charge in [-0.25, -0.2) is 4.79 Å². The summed E-state index contributed by atoms with van der Waals surface area (Å²) in [4.78, 5) is 46.6. The fraction of sp³-hybridized carbons (Fsp3) is 0.469. The van der Waals surface area contributed by atoms with Crippen LogP contribution in [-0.2, 0) is 9.59 Å². The van der Waals surface area contributed by atoms with Gasteiger partial charge in [0.2, 0.25) is 5.91 Å². The van der Waals surface area contributed by atoms with Crippen LogP contribution in [0.4, 0.5) is 4.79 Å². The summed E-state index contributed by atoms with van der Waals surface area (Å²) in [5.74, 6) is 1.32. The average Bonchev–Trinajstić information content (AvgIpc) is 3.28. The minimum Gasteiger partial charge on any atom is -0.457 e. The largest absolute Gasteiger partial charge is 0.457 e. The Hall–Kier alpha value is -3.81. The zero-order valence-electron chi connectivity index (χ0n) is 24.4. The molecule has 214 valence electrons. The Morgan fingerprint density at radius 2 is 1.68 bits per heavy atom. The smallest absolute Gasteiger partial charge is 0.322 e. The fourth-order valence-corrected chi connectivity index (χ4v) is 5.62. The maximum absolute atomic E-state index is 14.2. The summed E-state index contributed by atoms with van der Waals surface area (Å²) in [6, 6.07) is 15.5. The van der Waals surface area contributed by atoms with E-state index in [1.54, 1.807) is 9.80 Å². The van der Waals surface area contributed by atoms with E-state index >= 15 is 0 Å². The Labute approximate surface area is 238 Å². The number of ether oxygens (including phenoxy) is 1. The Morgan fingerprint density at radius 3 is 2.30 bits per heavy atom. The SMILES string of the molecule is CCCN(CCC)C(=O)[C@H](CC(C)C)N1CC2=C(C1=O)[C@@H](c1cccc(Oc3ccccc3)c1)NC(=O)N2CC. The summed E-state index contributed by atoms with van der Waals surface area (Å²) in [5, 5.41) is 3.05. The number of carbonyl (C=O) groups is 3. The number of rotatable bonds is 12. The lowest BCUT2D eigenvalue weighted by atomic mass is 9.95. The second-order valence-electron chi connectivity index (χ2n) is 10.9. The van der Waals surface area contributed by atoms with E-state index in [1.165, 1.54) is 0 Å². The van der Waals surface area contributed by atoms with Crippen LogP contribution in [0.15, 0.2) is 65.9 Å². The van der Waals surface area contributed by atoms with Gasteiger partial charge in [0.05, 0.1) is 23.9 Å². The van der Waals surface area contributed by atoms with Gasteiger partial charge in [-0.3, -0.25) is 14.5 Å². The molecule has 0 saturated carbocycles. The number of benzene rings is 2. The highest BCUT2D eigenvalue weighted by molar-refractivity contribution is 6.03. The molecule has 0 aromatic heterocycles. The first kappa shape index (κ1) is 29.2. The Balaban J connectivity index is 1.69. The third-order valence-corrected chi connectivity index (χ3v) is 7.39. The molecule has 0 spiro atoms. The van der Waals surface area contributed by atoms with Crippen LogP contribution in [0, 0.1) is 5.92 Å². The van der Waals surface area contributed by atoms with Crippen molar-refractivity contribution in [2.75, 3.05) is 26.2 Å². The molecule has 8 nitrogen and oxygen atoms in total. The molecule has 0 unspecified atom stereocenters. The topological polar surface area (TPSA) is 82.2 Å². The first-order valence-corrected chi connectivity index (χ1v) is 14.5. The number of nitrogens with zero attached hydrogens (tertiary/aromatic N) is 3. The zero-order valence-corrected chi connectivity index (χ0v) is 24.4. The van der Waals surface area contributed by atoms with Gasteiger partial charge in [0.25, 0.3) is 5.91 Å². The Bertz CT molecular complexity index is 1240. The van der Waals surface area contributed by atoms with Crippen LogP contribution >= 0.6 is 0 Å². The number of urea groups is 1. The molecule has 0 fully saturated rings. The van der Waals surface area contributed by atoms with Crippen molar-refractivity contribution in [3.8, 4) is 11.5 Å². The predicted octanol–water partition coefficient (Wildman–Crippen LogP) is 5.72. The van der Waals surface area contributed by atoms with Crippen molar-refractivity contribution in [1.29, 1.82) is 0 Å². The Kier molecular flexibility index (Phi) is 9.50. The molecule has 0 bridgehead atoms. The second kappa shape index (κ2) is 13.0. The van der Waals surface area contributed by atoms with Crippen LogP contribution in [0.3, 0.4) is 0 Å². The monoisotopic (exact) mass is 546 g/mol. The quantitative estimate of drug-likeness (QED) is 0.369. The normalized spacial score (nSPS) is 17.7. The van der Waals surface area contributed by atoms with Crippen LogP contribution in [0.25, 0.3) is 0 Å². The molecule has 0 radical (unpaired) electrons. The maximum atomic E-state index is 14.2. The molecule has 4 rings (SSSR count). The molecule has 40 heavy (non-hydrogen) atoms. The molecule has 2 aromatic rings. The predicted molar refractivity (Wildman–Crippen MR) is 156 cm³/mol. The number of para-hydroxylation sites is 1. The van der Waals surface area contributed by atoms with Crippen molar-refractivity contribution in [2.45, 2.75) is 66.0 Å². The van der Waals surface area contributed by atoms with Crippen molar-refractivity contribution in [1.82, 2.24) is 20.0 Å².